The van der Waals surface area contributed by atoms with Crippen LogP contribution >= 0.6 is 0 Å². The van der Waals surface area contributed by atoms with Crippen LogP contribution in [-0.4, -0.2) is 45.6 Å². The van der Waals surface area contributed by atoms with E-state index in [0.717, 1.165) is 11.3 Å². The number of nitrogens with zero attached hydrogens (tertiary/aromatic N) is 3. The first-order chi connectivity index (χ1) is 12.7. The molecule has 0 radical (unpaired) electrons. The Kier molecular flexibility index (Phi) is 4.53. The number of rotatable bonds is 4. The summed E-state index contributed by atoms with van der Waals surface area (Å²) in [4.78, 5) is 21.1. The first-order valence-corrected chi connectivity index (χ1v) is 8.60. The van der Waals surface area contributed by atoms with E-state index in [1.165, 1.54) is 0 Å². The maximum atomic E-state index is 12.7. The summed E-state index contributed by atoms with van der Waals surface area (Å²) < 4.78 is 13.4. The quantitative estimate of drug-likeness (QED) is 0.777. The molecule has 1 amide bonds. The number of pyridine rings is 2. The van der Waals surface area contributed by atoms with Crippen LogP contribution in [0, 0.1) is 6.92 Å². The zero-order valence-corrected chi connectivity index (χ0v) is 14.5. The highest BCUT2D eigenvalue weighted by Gasteiger charge is 2.29. The van der Waals surface area contributed by atoms with Gasteiger partial charge in [-0.05, 0) is 31.2 Å². The van der Waals surface area contributed by atoms with Crippen LogP contribution in [0.5, 0.6) is 5.75 Å². The second-order valence-corrected chi connectivity index (χ2v) is 6.35. The van der Waals surface area contributed by atoms with Crippen LogP contribution in [0.2, 0.25) is 0 Å². The molecule has 0 spiro atoms. The Morgan fingerprint density at radius 2 is 2.23 bits per heavy atom. The average molecular weight is 352 g/mol. The van der Waals surface area contributed by atoms with Crippen molar-refractivity contribution in [3.8, 4) is 5.75 Å². The molecule has 26 heavy (non-hydrogen) atoms. The summed E-state index contributed by atoms with van der Waals surface area (Å²) in [5, 5.41) is 3.03. The van der Waals surface area contributed by atoms with Crippen LogP contribution in [0.4, 0.5) is 0 Å². The lowest BCUT2D eigenvalue weighted by molar-refractivity contribution is -0.00301. The third-order valence-corrected chi connectivity index (χ3v) is 4.43. The molecule has 7 nitrogen and oxygen atoms in total. The van der Waals surface area contributed by atoms with Gasteiger partial charge in [-0.25, -0.2) is 4.98 Å². The molecule has 0 bridgehead atoms. The Hall–Kier alpha value is -2.93. The van der Waals surface area contributed by atoms with Crippen molar-refractivity contribution in [2.75, 3.05) is 13.2 Å². The molecule has 1 aliphatic heterocycles. The van der Waals surface area contributed by atoms with Crippen molar-refractivity contribution < 1.29 is 14.3 Å². The van der Waals surface area contributed by atoms with Crippen molar-refractivity contribution in [1.29, 1.82) is 0 Å². The van der Waals surface area contributed by atoms with E-state index in [9.17, 15) is 4.79 Å². The van der Waals surface area contributed by atoms with Crippen molar-refractivity contribution in [3.05, 3.63) is 60.3 Å². The summed E-state index contributed by atoms with van der Waals surface area (Å²) >= 11 is 0. The van der Waals surface area contributed by atoms with Gasteiger partial charge < -0.3 is 19.2 Å². The topological polar surface area (TPSA) is 77.8 Å². The molecule has 0 unspecified atom stereocenters. The number of ether oxygens (including phenoxy) is 2. The van der Waals surface area contributed by atoms with Crippen LogP contribution in [0.1, 0.15) is 22.5 Å². The van der Waals surface area contributed by atoms with Gasteiger partial charge in [-0.1, -0.05) is 0 Å². The van der Waals surface area contributed by atoms with Crippen molar-refractivity contribution in [2.45, 2.75) is 25.5 Å². The van der Waals surface area contributed by atoms with Gasteiger partial charge in [-0.3, -0.25) is 9.78 Å². The SMILES string of the molecule is Cc1ccc(O[C@H]2CCOC[C@H]2NC(=O)c2ccc3nccn3c2)cn1. The number of aryl methyl sites for hydroxylation is 1. The predicted octanol–water partition coefficient (Wildman–Crippen LogP) is 2.00. The number of carbonyl (C=O) groups is 1. The zero-order valence-electron chi connectivity index (χ0n) is 14.5. The molecule has 4 heterocycles. The van der Waals surface area contributed by atoms with Crippen LogP contribution in [0.15, 0.2) is 49.1 Å². The molecule has 4 rings (SSSR count). The number of amides is 1. The number of hydrogen-bond acceptors (Lipinski definition) is 5. The highest BCUT2D eigenvalue weighted by molar-refractivity contribution is 5.94. The van der Waals surface area contributed by atoms with Crippen molar-refractivity contribution in [2.24, 2.45) is 0 Å². The van der Waals surface area contributed by atoms with Crippen molar-refractivity contribution in [3.63, 3.8) is 0 Å². The molecule has 134 valence electrons. The van der Waals surface area contributed by atoms with Gasteiger partial charge in [0.25, 0.3) is 5.91 Å². The third-order valence-electron chi connectivity index (χ3n) is 4.43. The van der Waals surface area contributed by atoms with Crippen LogP contribution in [0.3, 0.4) is 0 Å². The number of aromatic nitrogens is 3. The fraction of sp³-hybridized carbons (Fsp3) is 0.316. The maximum absolute atomic E-state index is 12.7. The fourth-order valence-corrected chi connectivity index (χ4v) is 3.00. The molecule has 2 atom stereocenters. The summed E-state index contributed by atoms with van der Waals surface area (Å²) in [6.07, 6.45) is 7.53. The Morgan fingerprint density at radius 3 is 3.08 bits per heavy atom. The maximum Gasteiger partial charge on any atom is 0.253 e. The van der Waals surface area contributed by atoms with Gasteiger partial charge >= 0.3 is 0 Å². The molecule has 3 aromatic rings. The standard InChI is InChI=1S/C19H20N4O3/c1-13-2-4-15(10-21-13)26-17-6-9-25-12-16(17)22-19(24)14-3-5-18-20-7-8-23(18)11-14/h2-5,7-8,10-11,16-17H,6,9,12H2,1H3,(H,22,24)/t16-,17+/m1/s1. The number of fused-ring (bicyclic) bond motifs is 1. The summed E-state index contributed by atoms with van der Waals surface area (Å²) in [5.41, 5.74) is 2.30. The predicted molar refractivity (Wildman–Crippen MR) is 95.3 cm³/mol. The van der Waals surface area contributed by atoms with Gasteiger partial charge in [0.05, 0.1) is 31.0 Å². The largest absolute Gasteiger partial charge is 0.486 e. The van der Waals surface area contributed by atoms with Crippen molar-refractivity contribution >= 4 is 11.6 Å². The lowest BCUT2D eigenvalue weighted by atomic mass is 10.1. The zero-order chi connectivity index (χ0) is 17.9. The molecule has 1 fully saturated rings. The normalized spacial score (nSPS) is 20.0. The summed E-state index contributed by atoms with van der Waals surface area (Å²) in [6, 6.07) is 7.15. The van der Waals surface area contributed by atoms with Gasteiger partial charge in [0, 0.05) is 30.7 Å². The van der Waals surface area contributed by atoms with Crippen LogP contribution < -0.4 is 10.1 Å². The molecule has 3 aromatic heterocycles. The first-order valence-electron chi connectivity index (χ1n) is 8.60. The van der Waals surface area contributed by atoms with E-state index in [1.54, 1.807) is 24.7 Å². The number of imidazole rings is 1. The van der Waals surface area contributed by atoms with Gasteiger partial charge in [-0.15, -0.1) is 0 Å². The summed E-state index contributed by atoms with van der Waals surface area (Å²) in [6.45, 7) is 2.96. The number of carbonyl (C=O) groups excluding carboxylic acids is 1. The van der Waals surface area contributed by atoms with Crippen LogP contribution in [0.25, 0.3) is 5.65 Å². The van der Waals surface area contributed by atoms with E-state index in [-0.39, 0.29) is 18.1 Å². The van der Waals surface area contributed by atoms with Crippen LogP contribution in [-0.2, 0) is 4.74 Å². The second kappa shape index (κ2) is 7.13. The smallest absolute Gasteiger partial charge is 0.253 e. The van der Waals surface area contributed by atoms with Gasteiger partial charge in [0.2, 0.25) is 0 Å². The number of hydrogen-bond donors (Lipinski definition) is 1. The molecule has 1 N–H and O–H groups in total. The van der Waals surface area contributed by atoms with E-state index >= 15 is 0 Å². The molecule has 1 saturated heterocycles. The summed E-state index contributed by atoms with van der Waals surface area (Å²) in [5.74, 6) is 0.535. The monoisotopic (exact) mass is 352 g/mol. The Labute approximate surface area is 151 Å². The molecule has 7 heteroatoms. The van der Waals surface area contributed by atoms with E-state index < -0.39 is 0 Å². The highest BCUT2D eigenvalue weighted by atomic mass is 16.5. The van der Waals surface area contributed by atoms with Gasteiger partial charge in [0.1, 0.15) is 17.5 Å². The molecule has 0 saturated carbocycles. The molecular formula is C19H20N4O3. The third kappa shape index (κ3) is 3.52. The number of nitrogens with one attached hydrogen (secondary N) is 1. The highest BCUT2D eigenvalue weighted by Crippen LogP contribution is 2.18. The van der Waals surface area contributed by atoms with E-state index in [1.807, 2.05) is 35.7 Å². The molecule has 1 aliphatic rings. The van der Waals surface area contributed by atoms with E-state index in [2.05, 4.69) is 15.3 Å². The van der Waals surface area contributed by atoms with E-state index in [4.69, 9.17) is 9.47 Å². The Bertz CT molecular complexity index is 907. The molecule has 0 aliphatic carbocycles. The van der Waals surface area contributed by atoms with Gasteiger partial charge in [-0.2, -0.15) is 0 Å². The van der Waals surface area contributed by atoms with E-state index in [0.29, 0.717) is 30.9 Å². The Balaban J connectivity index is 1.47. The van der Waals surface area contributed by atoms with Gasteiger partial charge in [0.15, 0.2) is 0 Å². The fourth-order valence-electron chi connectivity index (χ4n) is 3.00. The minimum absolute atomic E-state index is 0.158. The van der Waals surface area contributed by atoms with Crippen molar-refractivity contribution in [1.82, 2.24) is 19.7 Å². The average Bonchev–Trinajstić information content (AvgIpc) is 3.13. The molecule has 0 aromatic carbocycles. The Morgan fingerprint density at radius 1 is 1.31 bits per heavy atom. The molecular weight excluding hydrogens is 332 g/mol. The second-order valence-electron chi connectivity index (χ2n) is 6.35. The minimum Gasteiger partial charge on any atom is -0.486 e. The summed E-state index contributed by atoms with van der Waals surface area (Å²) in [7, 11) is 0. The minimum atomic E-state index is -0.226. The lowest BCUT2D eigenvalue weighted by Crippen LogP contribution is -2.51. The lowest BCUT2D eigenvalue weighted by Gasteiger charge is -2.32. The first kappa shape index (κ1) is 16.5.